The zero-order valence-corrected chi connectivity index (χ0v) is 14.2. The van der Waals surface area contributed by atoms with E-state index in [2.05, 4.69) is 0 Å². The highest BCUT2D eigenvalue weighted by molar-refractivity contribution is 7.91. The van der Waals surface area contributed by atoms with Crippen LogP contribution >= 0.6 is 0 Å². The summed E-state index contributed by atoms with van der Waals surface area (Å²) >= 11 is 0. The normalized spacial score (nSPS) is 24.6. The van der Waals surface area contributed by atoms with E-state index >= 15 is 0 Å². The highest BCUT2D eigenvalue weighted by Crippen LogP contribution is 2.37. The fourth-order valence-electron chi connectivity index (χ4n) is 3.67. The van der Waals surface area contributed by atoms with Crippen LogP contribution in [0.4, 0.5) is 0 Å². The van der Waals surface area contributed by atoms with Gasteiger partial charge in [0.05, 0.1) is 10.7 Å². The Kier molecular flexibility index (Phi) is 4.47. The third kappa shape index (κ3) is 3.15. The van der Waals surface area contributed by atoms with Crippen LogP contribution in [0.25, 0.3) is 0 Å². The summed E-state index contributed by atoms with van der Waals surface area (Å²) in [5.74, 6) is 0.0538. The molecule has 2 saturated heterocycles. The number of sulfone groups is 1. The molecule has 126 valence electrons. The van der Waals surface area contributed by atoms with Crippen LogP contribution in [-0.2, 0) is 24.8 Å². The maximum Gasteiger partial charge on any atom is 0.233 e. The Balaban J connectivity index is 1.88. The molecular weight excluding hydrogens is 314 g/mol. The zero-order chi connectivity index (χ0) is 16.5. The Morgan fingerprint density at radius 2 is 1.87 bits per heavy atom. The standard InChI is InChI=1S/C17H23NO4S/c1-23(20,21)15-7-10-18(13-15)16(19)17(8-11-22-12-9-17)14-5-3-2-4-6-14/h2-6,15H,7-13H2,1H3/t15-/m0/s1. The lowest BCUT2D eigenvalue weighted by molar-refractivity contribution is -0.140. The van der Waals surface area contributed by atoms with E-state index in [4.69, 9.17) is 4.74 Å². The summed E-state index contributed by atoms with van der Waals surface area (Å²) in [5.41, 5.74) is 0.433. The molecule has 2 aliphatic rings. The summed E-state index contributed by atoms with van der Waals surface area (Å²) in [6.45, 7) is 1.95. The molecule has 6 heteroatoms. The molecule has 0 unspecified atom stereocenters. The van der Waals surface area contributed by atoms with Gasteiger partial charge >= 0.3 is 0 Å². The SMILES string of the molecule is CS(=O)(=O)[C@H]1CCN(C(=O)C2(c3ccccc3)CCOCC2)C1. The van der Waals surface area contributed by atoms with E-state index in [0.717, 1.165) is 5.56 Å². The van der Waals surface area contributed by atoms with Crippen LogP contribution < -0.4 is 0 Å². The van der Waals surface area contributed by atoms with Crippen molar-refractivity contribution in [3.8, 4) is 0 Å². The van der Waals surface area contributed by atoms with E-state index in [1.54, 1.807) is 4.90 Å². The van der Waals surface area contributed by atoms with Crippen molar-refractivity contribution in [1.82, 2.24) is 4.90 Å². The lowest BCUT2D eigenvalue weighted by Gasteiger charge is -2.39. The second kappa shape index (κ2) is 6.24. The summed E-state index contributed by atoms with van der Waals surface area (Å²) in [5, 5.41) is -0.431. The molecule has 1 atom stereocenters. The van der Waals surface area contributed by atoms with Gasteiger partial charge in [0, 0.05) is 32.6 Å². The topological polar surface area (TPSA) is 63.7 Å². The van der Waals surface area contributed by atoms with E-state index < -0.39 is 20.5 Å². The molecular formula is C17H23NO4S. The lowest BCUT2D eigenvalue weighted by Crippen LogP contribution is -2.49. The Hall–Kier alpha value is -1.40. The van der Waals surface area contributed by atoms with Crippen molar-refractivity contribution in [2.45, 2.75) is 29.9 Å². The van der Waals surface area contributed by atoms with Gasteiger partial charge in [-0.25, -0.2) is 8.42 Å². The number of amides is 1. The third-order valence-electron chi connectivity index (χ3n) is 5.12. The molecule has 1 aromatic carbocycles. The Morgan fingerprint density at radius 3 is 2.43 bits per heavy atom. The van der Waals surface area contributed by atoms with Crippen LogP contribution in [0.3, 0.4) is 0 Å². The van der Waals surface area contributed by atoms with Gasteiger partial charge in [-0.3, -0.25) is 4.79 Å². The van der Waals surface area contributed by atoms with Crippen molar-refractivity contribution in [3.05, 3.63) is 35.9 Å². The van der Waals surface area contributed by atoms with Gasteiger partial charge in [0.1, 0.15) is 0 Å². The van der Waals surface area contributed by atoms with Gasteiger partial charge in [-0.15, -0.1) is 0 Å². The minimum absolute atomic E-state index is 0.0538. The molecule has 1 aromatic rings. The van der Waals surface area contributed by atoms with Gasteiger partial charge in [-0.1, -0.05) is 30.3 Å². The average molecular weight is 337 g/mol. The molecule has 23 heavy (non-hydrogen) atoms. The molecule has 2 fully saturated rings. The van der Waals surface area contributed by atoms with E-state index in [-0.39, 0.29) is 5.91 Å². The third-order valence-corrected chi connectivity index (χ3v) is 6.72. The van der Waals surface area contributed by atoms with Gasteiger partial charge in [0.25, 0.3) is 0 Å². The molecule has 3 rings (SSSR count). The van der Waals surface area contributed by atoms with Crippen molar-refractivity contribution in [2.24, 2.45) is 0 Å². The van der Waals surface area contributed by atoms with Crippen molar-refractivity contribution in [3.63, 3.8) is 0 Å². The van der Waals surface area contributed by atoms with E-state index in [0.29, 0.717) is 45.6 Å². The van der Waals surface area contributed by atoms with Crippen LogP contribution in [0, 0.1) is 0 Å². The number of nitrogens with zero attached hydrogens (tertiary/aromatic N) is 1. The molecule has 2 aliphatic heterocycles. The lowest BCUT2D eigenvalue weighted by atomic mass is 9.73. The first kappa shape index (κ1) is 16.5. The monoisotopic (exact) mass is 337 g/mol. The van der Waals surface area contributed by atoms with E-state index in [9.17, 15) is 13.2 Å². The van der Waals surface area contributed by atoms with Crippen molar-refractivity contribution < 1.29 is 17.9 Å². The van der Waals surface area contributed by atoms with E-state index in [1.807, 2.05) is 30.3 Å². The first-order chi connectivity index (χ1) is 10.9. The number of benzene rings is 1. The Morgan fingerprint density at radius 1 is 1.22 bits per heavy atom. The molecule has 0 bridgehead atoms. The fraction of sp³-hybridized carbons (Fsp3) is 0.588. The molecule has 0 radical (unpaired) electrons. The number of hydrogen-bond acceptors (Lipinski definition) is 4. The summed E-state index contributed by atoms with van der Waals surface area (Å²) < 4.78 is 29.0. The number of carbonyl (C=O) groups excluding carboxylic acids is 1. The predicted molar refractivity (Wildman–Crippen MR) is 88.0 cm³/mol. The summed E-state index contributed by atoms with van der Waals surface area (Å²) in [7, 11) is -3.10. The number of carbonyl (C=O) groups is 1. The van der Waals surface area contributed by atoms with E-state index in [1.165, 1.54) is 6.26 Å². The van der Waals surface area contributed by atoms with Crippen molar-refractivity contribution >= 4 is 15.7 Å². The molecule has 1 amide bonds. The highest BCUT2D eigenvalue weighted by atomic mass is 32.2. The fourth-order valence-corrected chi connectivity index (χ4v) is 4.65. The average Bonchev–Trinajstić information content (AvgIpc) is 3.06. The number of likely N-dealkylation sites (tertiary alicyclic amines) is 1. The van der Waals surface area contributed by atoms with Crippen molar-refractivity contribution in [2.75, 3.05) is 32.6 Å². The van der Waals surface area contributed by atoms with Crippen LogP contribution in [-0.4, -0.2) is 57.0 Å². The first-order valence-electron chi connectivity index (χ1n) is 8.05. The maximum atomic E-state index is 13.3. The second-order valence-corrected chi connectivity index (χ2v) is 8.88. The molecule has 0 spiro atoms. The minimum atomic E-state index is -3.10. The van der Waals surface area contributed by atoms with Gasteiger partial charge in [-0.2, -0.15) is 0 Å². The largest absolute Gasteiger partial charge is 0.381 e. The summed E-state index contributed by atoms with van der Waals surface area (Å²) in [6.07, 6.45) is 3.09. The van der Waals surface area contributed by atoms with Gasteiger partial charge in [0.2, 0.25) is 5.91 Å². The quantitative estimate of drug-likeness (QED) is 0.836. The highest BCUT2D eigenvalue weighted by Gasteiger charge is 2.46. The second-order valence-electron chi connectivity index (χ2n) is 6.55. The Labute approximate surface area is 137 Å². The molecule has 0 aliphatic carbocycles. The van der Waals surface area contributed by atoms with Gasteiger partial charge in [-0.05, 0) is 24.8 Å². The maximum absolute atomic E-state index is 13.3. The smallest absolute Gasteiger partial charge is 0.233 e. The molecule has 0 aromatic heterocycles. The molecule has 2 heterocycles. The predicted octanol–water partition coefficient (Wildman–Crippen LogP) is 1.38. The van der Waals surface area contributed by atoms with Crippen LogP contribution in [0.5, 0.6) is 0 Å². The van der Waals surface area contributed by atoms with Crippen LogP contribution in [0.15, 0.2) is 30.3 Å². The number of ether oxygens (including phenoxy) is 1. The number of hydrogen-bond donors (Lipinski definition) is 0. The Bertz CT molecular complexity index is 665. The molecule has 0 N–H and O–H groups in total. The van der Waals surface area contributed by atoms with Gasteiger partial charge in [0.15, 0.2) is 9.84 Å². The molecule has 5 nitrogen and oxygen atoms in total. The van der Waals surface area contributed by atoms with Crippen LogP contribution in [0.1, 0.15) is 24.8 Å². The molecule has 0 saturated carbocycles. The van der Waals surface area contributed by atoms with Gasteiger partial charge < -0.3 is 9.64 Å². The zero-order valence-electron chi connectivity index (χ0n) is 13.4. The first-order valence-corrected chi connectivity index (χ1v) is 10.0. The van der Waals surface area contributed by atoms with Crippen LogP contribution in [0.2, 0.25) is 0 Å². The summed E-state index contributed by atoms with van der Waals surface area (Å²) in [4.78, 5) is 15.0. The summed E-state index contributed by atoms with van der Waals surface area (Å²) in [6, 6.07) is 9.82. The van der Waals surface area contributed by atoms with Crippen molar-refractivity contribution in [1.29, 1.82) is 0 Å². The minimum Gasteiger partial charge on any atom is -0.381 e. The number of rotatable bonds is 3.